The van der Waals surface area contributed by atoms with Crippen LogP contribution < -0.4 is 5.32 Å². The summed E-state index contributed by atoms with van der Waals surface area (Å²) in [7, 11) is 0. The van der Waals surface area contributed by atoms with Gasteiger partial charge in [0.1, 0.15) is 12.0 Å². The number of fused-ring (bicyclic) bond motifs is 2. The van der Waals surface area contributed by atoms with E-state index >= 15 is 0 Å². The highest BCUT2D eigenvalue weighted by atomic mass is 35.5. The molecule has 0 unspecified atom stereocenters. The highest BCUT2D eigenvalue weighted by molar-refractivity contribution is 6.31. The van der Waals surface area contributed by atoms with Gasteiger partial charge in [0.2, 0.25) is 5.89 Å². The van der Waals surface area contributed by atoms with Crippen molar-refractivity contribution in [3.63, 3.8) is 0 Å². The number of imidazole rings is 1. The maximum absolute atomic E-state index is 6.30. The van der Waals surface area contributed by atoms with Gasteiger partial charge in [-0.2, -0.15) is 0 Å². The predicted molar refractivity (Wildman–Crippen MR) is 130 cm³/mol. The molecule has 0 aliphatic carbocycles. The molecule has 7 heteroatoms. The van der Waals surface area contributed by atoms with Crippen molar-refractivity contribution in [1.82, 2.24) is 24.8 Å². The number of nitrogens with one attached hydrogen (secondary N) is 2. The average Bonchev–Trinajstić information content (AvgIpc) is 3.48. The normalized spacial score (nSPS) is 11.9. The highest BCUT2D eigenvalue weighted by Crippen LogP contribution is 2.34. The van der Waals surface area contributed by atoms with Crippen molar-refractivity contribution >= 4 is 33.5 Å². The summed E-state index contributed by atoms with van der Waals surface area (Å²) in [5, 5.41) is 5.07. The fraction of sp³-hybridized carbons (Fsp3) is 0.280. The lowest BCUT2D eigenvalue weighted by Crippen LogP contribution is -2.11. The second-order valence-electron chi connectivity index (χ2n) is 8.51. The van der Waals surface area contributed by atoms with Crippen LogP contribution in [0.3, 0.4) is 0 Å². The number of hydrogen-bond donors (Lipinski definition) is 2. The van der Waals surface area contributed by atoms with E-state index in [1.165, 1.54) is 5.56 Å². The Labute approximate surface area is 191 Å². The topological polar surface area (TPSA) is 71.7 Å². The first-order chi connectivity index (χ1) is 15.5. The molecule has 0 aliphatic rings. The van der Waals surface area contributed by atoms with Crippen LogP contribution >= 0.6 is 11.6 Å². The van der Waals surface area contributed by atoms with Crippen LogP contribution in [0.2, 0.25) is 5.02 Å². The van der Waals surface area contributed by atoms with Crippen molar-refractivity contribution < 1.29 is 4.42 Å². The van der Waals surface area contributed by atoms with E-state index in [-0.39, 0.29) is 0 Å². The van der Waals surface area contributed by atoms with Crippen LogP contribution in [0.15, 0.2) is 53.3 Å². The van der Waals surface area contributed by atoms with Crippen LogP contribution in [-0.2, 0) is 13.1 Å². The van der Waals surface area contributed by atoms with Crippen LogP contribution in [0.1, 0.15) is 26.3 Å². The van der Waals surface area contributed by atoms with Gasteiger partial charge in [-0.05, 0) is 48.4 Å². The first-order valence-corrected chi connectivity index (χ1v) is 11.3. The summed E-state index contributed by atoms with van der Waals surface area (Å²) >= 11 is 6.30. The SMILES string of the molecule is CCNCc1ccc2nc(-c3coc(-c4cn(CC(C)C)c5ccc(Cl)cc45)n3)[nH]c2c1. The molecule has 0 atom stereocenters. The van der Waals surface area contributed by atoms with E-state index in [9.17, 15) is 0 Å². The van der Waals surface area contributed by atoms with Gasteiger partial charge in [0.25, 0.3) is 0 Å². The fourth-order valence-electron chi connectivity index (χ4n) is 4.05. The Bertz CT molecular complexity index is 1390. The number of aromatic amines is 1. The van der Waals surface area contributed by atoms with E-state index in [4.69, 9.17) is 26.0 Å². The van der Waals surface area contributed by atoms with E-state index in [1.807, 2.05) is 18.2 Å². The maximum Gasteiger partial charge on any atom is 0.228 e. The van der Waals surface area contributed by atoms with Crippen LogP contribution in [0.4, 0.5) is 0 Å². The lowest BCUT2D eigenvalue weighted by atomic mass is 10.2. The molecule has 2 N–H and O–H groups in total. The number of nitrogens with zero attached hydrogens (tertiary/aromatic N) is 3. The summed E-state index contributed by atoms with van der Waals surface area (Å²) in [5.74, 6) is 1.77. The molecule has 2 aromatic carbocycles. The third-order valence-electron chi connectivity index (χ3n) is 5.51. The van der Waals surface area contributed by atoms with E-state index in [2.05, 4.69) is 60.0 Å². The Morgan fingerprint density at radius 2 is 2.03 bits per heavy atom. The van der Waals surface area contributed by atoms with E-state index < -0.39 is 0 Å². The molecule has 3 aromatic heterocycles. The van der Waals surface area contributed by atoms with Crippen molar-refractivity contribution in [3.8, 4) is 23.0 Å². The van der Waals surface area contributed by atoms with Gasteiger partial charge in [0.05, 0.1) is 16.6 Å². The number of benzene rings is 2. The molecule has 5 aromatic rings. The fourth-order valence-corrected chi connectivity index (χ4v) is 4.22. The molecule has 0 saturated carbocycles. The summed E-state index contributed by atoms with van der Waals surface area (Å²) in [6.45, 7) is 9.18. The van der Waals surface area contributed by atoms with Crippen molar-refractivity contribution in [3.05, 3.63) is 59.4 Å². The Morgan fingerprint density at radius 1 is 1.16 bits per heavy atom. The molecule has 0 amide bonds. The van der Waals surface area contributed by atoms with Crippen molar-refractivity contribution in [2.75, 3.05) is 6.54 Å². The molecule has 164 valence electrons. The van der Waals surface area contributed by atoms with E-state index in [1.54, 1.807) is 6.26 Å². The molecule has 5 rings (SSSR count). The number of H-pyrrole nitrogens is 1. The largest absolute Gasteiger partial charge is 0.444 e. The van der Waals surface area contributed by atoms with Crippen molar-refractivity contribution in [1.29, 1.82) is 0 Å². The zero-order chi connectivity index (χ0) is 22.2. The van der Waals surface area contributed by atoms with Gasteiger partial charge in [-0.1, -0.05) is 38.4 Å². The minimum atomic E-state index is 0.516. The summed E-state index contributed by atoms with van der Waals surface area (Å²) in [6.07, 6.45) is 3.75. The van der Waals surface area contributed by atoms with Gasteiger partial charge >= 0.3 is 0 Å². The third kappa shape index (κ3) is 3.92. The average molecular weight is 448 g/mol. The van der Waals surface area contributed by atoms with Gasteiger partial charge in [0.15, 0.2) is 5.82 Å². The van der Waals surface area contributed by atoms with Crippen molar-refractivity contribution in [2.24, 2.45) is 5.92 Å². The van der Waals surface area contributed by atoms with Gasteiger partial charge in [-0.25, -0.2) is 9.97 Å². The molecule has 0 spiro atoms. The zero-order valence-corrected chi connectivity index (χ0v) is 19.2. The Balaban J connectivity index is 1.52. The number of oxazole rings is 1. The number of rotatable bonds is 7. The molecule has 0 bridgehead atoms. The second-order valence-corrected chi connectivity index (χ2v) is 8.94. The van der Waals surface area contributed by atoms with Crippen LogP contribution in [0.25, 0.3) is 44.9 Å². The second kappa shape index (κ2) is 8.45. The van der Waals surface area contributed by atoms with Gasteiger partial charge in [-0.15, -0.1) is 0 Å². The van der Waals surface area contributed by atoms with E-state index in [0.717, 1.165) is 47.1 Å². The monoisotopic (exact) mass is 447 g/mol. The molecule has 32 heavy (non-hydrogen) atoms. The molecule has 0 aliphatic heterocycles. The summed E-state index contributed by atoms with van der Waals surface area (Å²) in [5.41, 5.74) is 5.83. The van der Waals surface area contributed by atoms with Gasteiger partial charge in [0, 0.05) is 35.2 Å². The van der Waals surface area contributed by atoms with E-state index in [0.29, 0.717) is 28.3 Å². The summed E-state index contributed by atoms with van der Waals surface area (Å²) < 4.78 is 8.15. The lowest BCUT2D eigenvalue weighted by molar-refractivity contribution is 0.534. The molecule has 0 fully saturated rings. The number of halogens is 1. The Hall–Kier alpha value is -3.09. The van der Waals surface area contributed by atoms with Gasteiger partial charge < -0.3 is 19.3 Å². The molecular weight excluding hydrogens is 422 g/mol. The third-order valence-corrected chi connectivity index (χ3v) is 5.74. The first-order valence-electron chi connectivity index (χ1n) is 11.0. The minimum Gasteiger partial charge on any atom is -0.444 e. The molecular formula is C25H26ClN5O. The molecule has 6 nitrogen and oxygen atoms in total. The predicted octanol–water partition coefficient (Wildman–Crippen LogP) is 6.26. The smallest absolute Gasteiger partial charge is 0.228 e. The highest BCUT2D eigenvalue weighted by Gasteiger charge is 2.18. The van der Waals surface area contributed by atoms with Crippen LogP contribution in [0.5, 0.6) is 0 Å². The standard InChI is InChI=1S/C25H26ClN5O/c1-4-27-11-16-5-7-20-21(9-16)29-24(28-20)22-14-32-25(30-22)19-13-31(12-15(2)3)23-8-6-17(26)10-18(19)23/h5-10,13-15,27H,4,11-12H2,1-3H3,(H,28,29). The zero-order valence-electron chi connectivity index (χ0n) is 18.4. The van der Waals surface area contributed by atoms with Gasteiger partial charge in [-0.3, -0.25) is 0 Å². The van der Waals surface area contributed by atoms with Crippen LogP contribution in [-0.4, -0.2) is 26.1 Å². The Kier molecular flexibility index (Phi) is 5.49. The number of hydrogen-bond acceptors (Lipinski definition) is 4. The quantitative estimate of drug-likeness (QED) is 0.309. The molecule has 0 saturated heterocycles. The lowest BCUT2D eigenvalue weighted by Gasteiger charge is -2.07. The summed E-state index contributed by atoms with van der Waals surface area (Å²) in [6, 6.07) is 12.2. The number of aromatic nitrogens is 4. The maximum atomic E-state index is 6.30. The summed E-state index contributed by atoms with van der Waals surface area (Å²) in [4.78, 5) is 12.9. The van der Waals surface area contributed by atoms with Crippen LogP contribution in [0, 0.1) is 5.92 Å². The molecule has 3 heterocycles. The molecule has 0 radical (unpaired) electrons. The van der Waals surface area contributed by atoms with Crippen molar-refractivity contribution in [2.45, 2.75) is 33.9 Å². The Morgan fingerprint density at radius 3 is 2.84 bits per heavy atom. The minimum absolute atomic E-state index is 0.516. The first kappa shape index (κ1) is 20.8.